The van der Waals surface area contributed by atoms with Gasteiger partial charge in [0.05, 0.1) is 6.04 Å². The second-order valence-corrected chi connectivity index (χ2v) is 5.43. The number of nitrogens with one attached hydrogen (secondary N) is 2. The summed E-state index contributed by atoms with van der Waals surface area (Å²) in [6, 6.07) is 8.03. The van der Waals surface area contributed by atoms with Gasteiger partial charge in [0.1, 0.15) is 0 Å². The van der Waals surface area contributed by atoms with Crippen molar-refractivity contribution in [2.24, 2.45) is 0 Å². The summed E-state index contributed by atoms with van der Waals surface area (Å²) in [5.74, 6) is 0.0834. The molecule has 2 N–H and O–H groups in total. The predicted octanol–water partition coefficient (Wildman–Crippen LogP) is 1.83. The van der Waals surface area contributed by atoms with Gasteiger partial charge >= 0.3 is 0 Å². The average molecular weight is 261 g/mol. The first-order valence-electron chi connectivity index (χ1n) is 6.93. The Morgan fingerprint density at radius 3 is 2.63 bits per heavy atom. The van der Waals surface area contributed by atoms with Crippen LogP contribution in [0.25, 0.3) is 0 Å². The van der Waals surface area contributed by atoms with E-state index in [9.17, 15) is 4.79 Å². The molecule has 1 aliphatic heterocycles. The number of piperidine rings is 1. The number of carbonyl (C=O) groups excluding carboxylic acids is 1. The minimum atomic E-state index is -0.0322. The number of amides is 1. The lowest BCUT2D eigenvalue weighted by molar-refractivity contribution is -0.118. The third-order valence-electron chi connectivity index (χ3n) is 3.35. The molecule has 1 saturated heterocycles. The van der Waals surface area contributed by atoms with Crippen LogP contribution in [0.3, 0.4) is 0 Å². The molecule has 104 valence electrons. The zero-order chi connectivity index (χ0) is 13.7. The lowest BCUT2D eigenvalue weighted by Crippen LogP contribution is -2.43. The van der Waals surface area contributed by atoms with Crippen LogP contribution in [0, 0.1) is 0 Å². The molecule has 0 aromatic heterocycles. The summed E-state index contributed by atoms with van der Waals surface area (Å²) < 4.78 is 0. The van der Waals surface area contributed by atoms with Crippen molar-refractivity contribution in [3.05, 3.63) is 29.8 Å². The van der Waals surface area contributed by atoms with Crippen LogP contribution in [0.15, 0.2) is 24.3 Å². The highest BCUT2D eigenvalue weighted by molar-refractivity contribution is 5.94. The maximum atomic E-state index is 12.0. The maximum absolute atomic E-state index is 12.0. The van der Waals surface area contributed by atoms with E-state index in [4.69, 9.17) is 0 Å². The molecular weight excluding hydrogens is 238 g/mol. The number of rotatable bonds is 4. The Bertz CT molecular complexity index is 408. The highest BCUT2D eigenvalue weighted by Gasteiger charge is 2.20. The predicted molar refractivity (Wildman–Crippen MR) is 78.1 cm³/mol. The Balaban J connectivity index is 1.89. The molecular formula is C15H23N3O. The van der Waals surface area contributed by atoms with E-state index >= 15 is 0 Å². The van der Waals surface area contributed by atoms with E-state index in [0.717, 1.165) is 31.6 Å². The van der Waals surface area contributed by atoms with Crippen molar-refractivity contribution in [1.29, 1.82) is 0 Å². The monoisotopic (exact) mass is 261 g/mol. The fourth-order valence-electron chi connectivity index (χ4n) is 2.36. The van der Waals surface area contributed by atoms with Gasteiger partial charge in [-0.25, -0.2) is 0 Å². The Morgan fingerprint density at radius 1 is 1.32 bits per heavy atom. The molecule has 2 rings (SSSR count). The quantitative estimate of drug-likeness (QED) is 0.869. The van der Waals surface area contributed by atoms with Gasteiger partial charge in [0.15, 0.2) is 0 Å². The van der Waals surface area contributed by atoms with Gasteiger partial charge in [0.2, 0.25) is 5.91 Å². The van der Waals surface area contributed by atoms with Crippen molar-refractivity contribution in [2.75, 3.05) is 26.0 Å². The third kappa shape index (κ3) is 4.33. The third-order valence-corrected chi connectivity index (χ3v) is 3.35. The van der Waals surface area contributed by atoms with Gasteiger partial charge in [0, 0.05) is 12.2 Å². The van der Waals surface area contributed by atoms with Crippen LogP contribution in [-0.4, -0.2) is 37.5 Å². The van der Waals surface area contributed by atoms with Gasteiger partial charge in [-0.2, -0.15) is 0 Å². The van der Waals surface area contributed by atoms with Crippen molar-refractivity contribution in [3.63, 3.8) is 0 Å². The van der Waals surface area contributed by atoms with Crippen LogP contribution < -0.4 is 10.6 Å². The minimum Gasteiger partial charge on any atom is -0.325 e. The second-order valence-electron chi connectivity index (χ2n) is 5.43. The summed E-state index contributed by atoms with van der Waals surface area (Å²) >= 11 is 0. The molecule has 4 heteroatoms. The van der Waals surface area contributed by atoms with Gasteiger partial charge in [0.25, 0.3) is 0 Å². The summed E-state index contributed by atoms with van der Waals surface area (Å²) in [4.78, 5) is 14.2. The second kappa shape index (κ2) is 6.68. The van der Waals surface area contributed by atoms with Gasteiger partial charge in [-0.15, -0.1) is 0 Å². The van der Waals surface area contributed by atoms with Crippen LogP contribution in [-0.2, 0) is 11.3 Å². The van der Waals surface area contributed by atoms with Crippen molar-refractivity contribution in [3.8, 4) is 0 Å². The molecule has 0 spiro atoms. The summed E-state index contributed by atoms with van der Waals surface area (Å²) in [6.07, 6.45) is 3.24. The number of anilines is 1. The summed E-state index contributed by atoms with van der Waals surface area (Å²) in [6.45, 7) is 1.86. The molecule has 0 unspecified atom stereocenters. The molecule has 1 atom stereocenters. The van der Waals surface area contributed by atoms with E-state index in [1.165, 1.54) is 12.0 Å². The minimum absolute atomic E-state index is 0.0322. The van der Waals surface area contributed by atoms with Crippen molar-refractivity contribution in [2.45, 2.75) is 31.8 Å². The van der Waals surface area contributed by atoms with E-state index in [-0.39, 0.29) is 11.9 Å². The lowest BCUT2D eigenvalue weighted by atomic mass is 10.0. The molecule has 19 heavy (non-hydrogen) atoms. The van der Waals surface area contributed by atoms with Gasteiger partial charge in [-0.1, -0.05) is 18.6 Å². The first-order valence-corrected chi connectivity index (χ1v) is 6.93. The Labute approximate surface area is 115 Å². The SMILES string of the molecule is CN(C)Cc1ccc(NC(=O)[C@H]2CCCCN2)cc1. The highest BCUT2D eigenvalue weighted by atomic mass is 16.2. The first-order chi connectivity index (χ1) is 9.15. The number of carbonyl (C=O) groups is 1. The average Bonchev–Trinajstić information content (AvgIpc) is 2.41. The fourth-order valence-corrected chi connectivity index (χ4v) is 2.36. The molecule has 1 aromatic carbocycles. The molecule has 1 heterocycles. The van der Waals surface area contributed by atoms with Crippen molar-refractivity contribution in [1.82, 2.24) is 10.2 Å². The fraction of sp³-hybridized carbons (Fsp3) is 0.533. The molecule has 0 radical (unpaired) electrons. The zero-order valence-corrected chi connectivity index (χ0v) is 11.8. The van der Waals surface area contributed by atoms with Crippen molar-refractivity contribution < 1.29 is 4.79 Å². The molecule has 1 aliphatic rings. The van der Waals surface area contributed by atoms with Crippen LogP contribution in [0.2, 0.25) is 0 Å². The smallest absolute Gasteiger partial charge is 0.241 e. The van der Waals surface area contributed by atoms with E-state index in [0.29, 0.717) is 0 Å². The van der Waals surface area contributed by atoms with E-state index in [1.807, 2.05) is 26.2 Å². The van der Waals surface area contributed by atoms with Crippen molar-refractivity contribution >= 4 is 11.6 Å². The van der Waals surface area contributed by atoms with Crippen LogP contribution in [0.1, 0.15) is 24.8 Å². The normalized spacial score (nSPS) is 19.4. The largest absolute Gasteiger partial charge is 0.325 e. The summed E-state index contributed by atoms with van der Waals surface area (Å²) in [7, 11) is 4.09. The number of hydrogen-bond acceptors (Lipinski definition) is 3. The van der Waals surface area contributed by atoms with Crippen LogP contribution in [0.4, 0.5) is 5.69 Å². The van der Waals surface area contributed by atoms with Crippen LogP contribution in [0.5, 0.6) is 0 Å². The summed E-state index contributed by atoms with van der Waals surface area (Å²) in [5.41, 5.74) is 2.12. The van der Waals surface area contributed by atoms with E-state index in [2.05, 4.69) is 27.7 Å². The Morgan fingerprint density at radius 2 is 2.05 bits per heavy atom. The van der Waals surface area contributed by atoms with E-state index < -0.39 is 0 Å². The van der Waals surface area contributed by atoms with Gasteiger partial charge in [-0.3, -0.25) is 4.79 Å². The Kier molecular flexibility index (Phi) is 4.93. The molecule has 1 amide bonds. The maximum Gasteiger partial charge on any atom is 0.241 e. The molecule has 1 fully saturated rings. The molecule has 1 aromatic rings. The van der Waals surface area contributed by atoms with Crippen LogP contribution >= 0.6 is 0 Å². The Hall–Kier alpha value is -1.39. The highest BCUT2D eigenvalue weighted by Crippen LogP contribution is 2.13. The zero-order valence-electron chi connectivity index (χ0n) is 11.8. The van der Waals surface area contributed by atoms with Gasteiger partial charge < -0.3 is 15.5 Å². The van der Waals surface area contributed by atoms with E-state index in [1.54, 1.807) is 0 Å². The van der Waals surface area contributed by atoms with Gasteiger partial charge in [-0.05, 0) is 51.2 Å². The number of nitrogens with zero attached hydrogens (tertiary/aromatic N) is 1. The standard InChI is InChI=1S/C15H23N3O/c1-18(2)11-12-6-8-13(9-7-12)17-15(19)14-5-3-4-10-16-14/h6-9,14,16H,3-5,10-11H2,1-2H3,(H,17,19)/t14-/m1/s1. The molecule has 0 saturated carbocycles. The summed E-state index contributed by atoms with van der Waals surface area (Å²) in [5, 5.41) is 6.24. The first kappa shape index (κ1) is 14.0. The topological polar surface area (TPSA) is 44.4 Å². The lowest BCUT2D eigenvalue weighted by Gasteiger charge is -2.22. The molecule has 4 nitrogen and oxygen atoms in total. The number of benzene rings is 1. The molecule has 0 bridgehead atoms. The molecule has 0 aliphatic carbocycles. The number of hydrogen-bond donors (Lipinski definition) is 2.